The Morgan fingerprint density at radius 1 is 1.16 bits per heavy atom. The van der Waals surface area contributed by atoms with Gasteiger partial charge in [-0.05, 0) is 83.4 Å². The van der Waals surface area contributed by atoms with E-state index in [2.05, 4.69) is 10.3 Å². The number of fused-ring (bicyclic) bond motifs is 1. The van der Waals surface area contributed by atoms with E-state index in [0.717, 1.165) is 22.4 Å². The maximum atomic E-state index is 12.1. The summed E-state index contributed by atoms with van der Waals surface area (Å²) >= 11 is 0. The minimum absolute atomic E-state index is 0.196. The number of carbonyl (C=O) groups excluding carboxylic acids is 1. The first-order valence-corrected chi connectivity index (χ1v) is 10.9. The average molecular weight is 441 g/mol. The zero-order valence-corrected chi connectivity index (χ0v) is 19.4. The Morgan fingerprint density at radius 2 is 1.94 bits per heavy atom. The monoisotopic (exact) mass is 440 g/mol. The Balaban J connectivity index is 1.71. The van der Waals surface area contributed by atoms with E-state index >= 15 is 0 Å². The number of benzene rings is 2. The number of alkyl carbamates (subject to hydrolysis) is 1. The molecule has 0 saturated carbocycles. The van der Waals surface area contributed by atoms with Gasteiger partial charge in [-0.1, -0.05) is 12.1 Å². The van der Waals surface area contributed by atoms with Crippen molar-refractivity contribution >= 4 is 17.2 Å². The summed E-state index contributed by atoms with van der Waals surface area (Å²) in [6.45, 7) is 9.55. The number of nitrogens with zero attached hydrogens (tertiary/aromatic N) is 1. The molecular weight excluding hydrogens is 408 g/mol. The van der Waals surface area contributed by atoms with Gasteiger partial charge in [-0.2, -0.15) is 0 Å². The number of aromatic nitrogens is 1. The van der Waals surface area contributed by atoms with E-state index in [4.69, 9.17) is 13.9 Å². The molecule has 2 aromatic carbocycles. The summed E-state index contributed by atoms with van der Waals surface area (Å²) in [6, 6.07) is 13.5. The standard InChI is InChI=1S/C25H32N2O5/c1-6-30-19-9-7-8-18(15-19)22-26-20-14-17(10-11-21(20)31-22)12-13-25(5,16-28)27-23(29)32-24(2,3)4/h7-11,14-15,28H,6,12-13,16H2,1-5H3,(H,27,29)/t25-/m1/s1. The maximum absolute atomic E-state index is 12.1. The van der Waals surface area contributed by atoms with E-state index in [1.54, 1.807) is 27.7 Å². The lowest BCUT2D eigenvalue weighted by Crippen LogP contribution is -2.50. The fourth-order valence-corrected chi connectivity index (χ4v) is 3.29. The van der Waals surface area contributed by atoms with Gasteiger partial charge in [0.05, 0.1) is 18.8 Å². The van der Waals surface area contributed by atoms with Crippen LogP contribution in [0.15, 0.2) is 46.9 Å². The van der Waals surface area contributed by atoms with Crippen molar-refractivity contribution in [3.05, 3.63) is 48.0 Å². The molecule has 1 atom stereocenters. The normalized spacial score (nSPS) is 13.6. The molecule has 0 bridgehead atoms. The molecule has 0 spiro atoms. The molecule has 2 N–H and O–H groups in total. The predicted molar refractivity (Wildman–Crippen MR) is 124 cm³/mol. The lowest BCUT2D eigenvalue weighted by atomic mass is 9.94. The molecule has 1 amide bonds. The lowest BCUT2D eigenvalue weighted by Gasteiger charge is -2.30. The Bertz CT molecular complexity index is 1070. The zero-order valence-electron chi connectivity index (χ0n) is 19.4. The van der Waals surface area contributed by atoms with Crippen LogP contribution in [-0.4, -0.2) is 40.5 Å². The Labute approximate surface area is 188 Å². The second-order valence-electron chi connectivity index (χ2n) is 9.13. The second-order valence-corrected chi connectivity index (χ2v) is 9.13. The summed E-state index contributed by atoms with van der Waals surface area (Å²) in [4.78, 5) is 16.8. The molecule has 0 aliphatic carbocycles. The van der Waals surface area contributed by atoms with Gasteiger partial charge < -0.3 is 24.3 Å². The van der Waals surface area contributed by atoms with Crippen molar-refractivity contribution in [2.45, 2.75) is 58.6 Å². The molecule has 172 valence electrons. The third-order valence-corrected chi connectivity index (χ3v) is 4.96. The van der Waals surface area contributed by atoms with Crippen molar-refractivity contribution in [3.63, 3.8) is 0 Å². The number of amides is 1. The number of aryl methyl sites for hydroxylation is 1. The minimum atomic E-state index is -0.800. The first-order chi connectivity index (χ1) is 15.1. The van der Waals surface area contributed by atoms with Crippen molar-refractivity contribution in [1.29, 1.82) is 0 Å². The summed E-state index contributed by atoms with van der Waals surface area (Å²) in [5.41, 5.74) is 1.94. The van der Waals surface area contributed by atoms with Crippen LogP contribution >= 0.6 is 0 Å². The summed E-state index contributed by atoms with van der Waals surface area (Å²) in [6.07, 6.45) is 0.639. The van der Waals surface area contributed by atoms with Gasteiger partial charge in [0.2, 0.25) is 5.89 Å². The quantitative estimate of drug-likeness (QED) is 0.506. The van der Waals surface area contributed by atoms with Gasteiger partial charge in [0.25, 0.3) is 0 Å². The van der Waals surface area contributed by atoms with E-state index in [-0.39, 0.29) is 6.61 Å². The molecule has 3 rings (SSSR count). The van der Waals surface area contributed by atoms with Crippen LogP contribution < -0.4 is 10.1 Å². The lowest BCUT2D eigenvalue weighted by molar-refractivity contribution is 0.0407. The third-order valence-electron chi connectivity index (χ3n) is 4.96. The van der Waals surface area contributed by atoms with Gasteiger partial charge in [-0.3, -0.25) is 0 Å². The number of rotatable bonds is 8. The van der Waals surface area contributed by atoms with Crippen LogP contribution in [0.25, 0.3) is 22.6 Å². The number of carbonyl (C=O) groups is 1. The van der Waals surface area contributed by atoms with Crippen molar-refractivity contribution in [3.8, 4) is 17.2 Å². The highest BCUT2D eigenvalue weighted by molar-refractivity contribution is 5.77. The van der Waals surface area contributed by atoms with Gasteiger partial charge in [0, 0.05) is 5.56 Å². The van der Waals surface area contributed by atoms with E-state index in [9.17, 15) is 9.90 Å². The van der Waals surface area contributed by atoms with E-state index in [1.807, 2.05) is 49.4 Å². The molecule has 1 aromatic heterocycles. The van der Waals surface area contributed by atoms with Crippen molar-refractivity contribution < 1.29 is 23.8 Å². The van der Waals surface area contributed by atoms with Gasteiger partial charge in [0.1, 0.15) is 16.9 Å². The van der Waals surface area contributed by atoms with Gasteiger partial charge in [0.15, 0.2) is 5.58 Å². The molecule has 3 aromatic rings. The molecular formula is C25H32N2O5. The Hall–Kier alpha value is -3.06. The predicted octanol–water partition coefficient (Wildman–Crippen LogP) is 5.10. The molecule has 0 aliphatic rings. The number of hydrogen-bond donors (Lipinski definition) is 2. The minimum Gasteiger partial charge on any atom is -0.494 e. The number of aliphatic hydroxyl groups is 1. The molecule has 1 heterocycles. The summed E-state index contributed by atoms with van der Waals surface area (Å²) in [5, 5.41) is 12.7. The molecule has 0 fully saturated rings. The molecule has 7 heteroatoms. The van der Waals surface area contributed by atoms with E-state index < -0.39 is 17.2 Å². The largest absolute Gasteiger partial charge is 0.494 e. The number of ether oxygens (including phenoxy) is 2. The third kappa shape index (κ3) is 6.23. The highest BCUT2D eigenvalue weighted by Crippen LogP contribution is 2.28. The van der Waals surface area contributed by atoms with E-state index in [1.165, 1.54) is 0 Å². The molecule has 0 aliphatic heterocycles. The average Bonchev–Trinajstić information content (AvgIpc) is 3.15. The first kappa shape index (κ1) is 23.6. The molecule has 7 nitrogen and oxygen atoms in total. The van der Waals surface area contributed by atoms with Crippen LogP contribution in [0.1, 0.15) is 46.6 Å². The van der Waals surface area contributed by atoms with Gasteiger partial charge >= 0.3 is 6.09 Å². The Kier molecular flexibility index (Phi) is 7.09. The topological polar surface area (TPSA) is 93.8 Å². The molecule has 0 saturated heterocycles. The highest BCUT2D eigenvalue weighted by atomic mass is 16.6. The van der Waals surface area contributed by atoms with Crippen LogP contribution in [0.5, 0.6) is 5.75 Å². The zero-order chi connectivity index (χ0) is 23.4. The van der Waals surface area contributed by atoms with Crippen LogP contribution in [0, 0.1) is 0 Å². The van der Waals surface area contributed by atoms with Crippen LogP contribution in [0.3, 0.4) is 0 Å². The number of nitrogens with one attached hydrogen (secondary N) is 1. The number of aliphatic hydroxyl groups excluding tert-OH is 1. The first-order valence-electron chi connectivity index (χ1n) is 10.9. The van der Waals surface area contributed by atoms with Crippen LogP contribution in [0.4, 0.5) is 4.79 Å². The SMILES string of the molecule is CCOc1cccc(-c2nc3cc(CC[C@](C)(CO)NC(=O)OC(C)(C)C)ccc3o2)c1. The maximum Gasteiger partial charge on any atom is 0.408 e. The van der Waals surface area contributed by atoms with Gasteiger partial charge in [-0.15, -0.1) is 0 Å². The molecule has 32 heavy (non-hydrogen) atoms. The van der Waals surface area contributed by atoms with Crippen LogP contribution in [0.2, 0.25) is 0 Å². The molecule has 0 radical (unpaired) electrons. The fourth-order valence-electron chi connectivity index (χ4n) is 3.29. The fraction of sp³-hybridized carbons (Fsp3) is 0.440. The number of hydrogen-bond acceptors (Lipinski definition) is 6. The number of oxazole rings is 1. The molecule has 0 unspecified atom stereocenters. The van der Waals surface area contributed by atoms with E-state index in [0.29, 0.717) is 30.9 Å². The van der Waals surface area contributed by atoms with Gasteiger partial charge in [-0.25, -0.2) is 9.78 Å². The van der Waals surface area contributed by atoms with Crippen molar-refractivity contribution in [1.82, 2.24) is 10.3 Å². The van der Waals surface area contributed by atoms with Crippen molar-refractivity contribution in [2.24, 2.45) is 0 Å². The Morgan fingerprint density at radius 3 is 2.62 bits per heavy atom. The summed E-state index contributed by atoms with van der Waals surface area (Å²) in [5.74, 6) is 1.30. The summed E-state index contributed by atoms with van der Waals surface area (Å²) < 4.78 is 16.8. The second kappa shape index (κ2) is 9.61. The summed E-state index contributed by atoms with van der Waals surface area (Å²) in [7, 11) is 0. The highest BCUT2D eigenvalue weighted by Gasteiger charge is 2.28. The smallest absolute Gasteiger partial charge is 0.408 e. The van der Waals surface area contributed by atoms with Crippen LogP contribution in [-0.2, 0) is 11.2 Å². The van der Waals surface area contributed by atoms with Crippen molar-refractivity contribution in [2.75, 3.05) is 13.2 Å².